The van der Waals surface area contributed by atoms with Crippen LogP contribution >= 0.6 is 11.8 Å². The monoisotopic (exact) mass is 485 g/mol. The minimum Gasteiger partial charge on any atom is -0.496 e. The van der Waals surface area contributed by atoms with Gasteiger partial charge in [0.15, 0.2) is 5.12 Å². The van der Waals surface area contributed by atoms with E-state index in [-0.39, 0.29) is 17.5 Å². The Morgan fingerprint density at radius 3 is 2.65 bits per heavy atom. The number of alkyl halides is 3. The van der Waals surface area contributed by atoms with Gasteiger partial charge in [-0.2, -0.15) is 13.2 Å². The molecule has 0 bridgehead atoms. The number of allylic oxidation sites excluding steroid dienone is 4. The van der Waals surface area contributed by atoms with Crippen LogP contribution in [0.3, 0.4) is 0 Å². The van der Waals surface area contributed by atoms with Crippen molar-refractivity contribution in [2.45, 2.75) is 43.4 Å². The van der Waals surface area contributed by atoms with Crippen molar-refractivity contribution in [2.75, 3.05) is 12.0 Å². The molecule has 3 aliphatic rings. The number of carbonyl (C=O) groups excluding carboxylic acids is 1. The molecule has 0 saturated carbocycles. The first kappa shape index (κ1) is 22.6. The number of fused-ring (bicyclic) bond motifs is 3. The average molecular weight is 486 g/mol. The lowest BCUT2D eigenvalue weighted by atomic mass is 9.78. The summed E-state index contributed by atoms with van der Waals surface area (Å²) in [5, 5.41) is 0.353. The maximum Gasteiger partial charge on any atom is 0.431 e. The second-order valence-electron chi connectivity index (χ2n) is 8.50. The number of benzene rings is 1. The number of carbonyl (C=O) groups is 1. The minimum absolute atomic E-state index is 0.122. The van der Waals surface area contributed by atoms with Gasteiger partial charge in [-0.1, -0.05) is 42.5 Å². The molecule has 2 aromatic rings. The van der Waals surface area contributed by atoms with Crippen LogP contribution in [-0.2, 0) is 16.0 Å². The molecule has 9 heteroatoms. The quantitative estimate of drug-likeness (QED) is 0.507. The van der Waals surface area contributed by atoms with Gasteiger partial charge >= 0.3 is 6.18 Å². The second kappa shape index (κ2) is 7.94. The van der Waals surface area contributed by atoms with Gasteiger partial charge in [-0.25, -0.2) is 4.98 Å². The summed E-state index contributed by atoms with van der Waals surface area (Å²) in [6, 6.07) is 9.33. The maximum atomic E-state index is 14.1. The predicted octanol–water partition coefficient (Wildman–Crippen LogP) is 5.87. The molecule has 1 aromatic carbocycles. The first-order chi connectivity index (χ1) is 16.2. The highest BCUT2D eigenvalue weighted by Crippen LogP contribution is 2.57. The highest BCUT2D eigenvalue weighted by atomic mass is 32.2. The fourth-order valence-corrected chi connectivity index (χ4v) is 6.03. The molecule has 2 aliphatic heterocycles. The van der Waals surface area contributed by atoms with Gasteiger partial charge in [0.2, 0.25) is 5.95 Å². The number of anilines is 1. The van der Waals surface area contributed by atoms with E-state index in [1.807, 2.05) is 44.2 Å². The topological polar surface area (TPSA) is 47.4 Å². The standard InChI is InChI=1S/C25H22F3N3O2S/c1-15-13-24-11-7-10-18(25(26,27)28)31(24)23-29-14-19(30(23)22(24)16(2)21(15)33-3)34-20(32)12-17-8-5-4-6-9-17/h4-11,14H,12-13H2,1-3H3. The Labute approximate surface area is 199 Å². The highest BCUT2D eigenvalue weighted by molar-refractivity contribution is 8.13. The third-order valence-electron chi connectivity index (χ3n) is 6.33. The van der Waals surface area contributed by atoms with E-state index in [0.717, 1.165) is 34.5 Å². The summed E-state index contributed by atoms with van der Waals surface area (Å²) in [7, 11) is 1.55. The third-order valence-corrected chi connectivity index (χ3v) is 7.20. The Balaban J connectivity index is 1.64. The van der Waals surface area contributed by atoms with Gasteiger partial charge in [-0.3, -0.25) is 14.3 Å². The molecular weight excluding hydrogens is 463 g/mol. The molecule has 1 unspecified atom stereocenters. The molecule has 176 valence electrons. The van der Waals surface area contributed by atoms with Crippen LogP contribution in [0.2, 0.25) is 0 Å². The van der Waals surface area contributed by atoms with Crippen molar-refractivity contribution >= 4 is 28.5 Å². The van der Waals surface area contributed by atoms with Crippen molar-refractivity contribution in [3.63, 3.8) is 0 Å². The van der Waals surface area contributed by atoms with E-state index in [1.54, 1.807) is 17.8 Å². The Hall–Kier alpha value is -3.20. The largest absolute Gasteiger partial charge is 0.496 e. The van der Waals surface area contributed by atoms with Crippen LogP contribution in [-0.4, -0.2) is 33.5 Å². The van der Waals surface area contributed by atoms with E-state index in [9.17, 15) is 18.0 Å². The van der Waals surface area contributed by atoms with Crippen LogP contribution in [0.4, 0.5) is 19.1 Å². The van der Waals surface area contributed by atoms with Crippen molar-refractivity contribution < 1.29 is 22.7 Å². The number of hydrogen-bond acceptors (Lipinski definition) is 5. The zero-order valence-electron chi connectivity index (χ0n) is 18.8. The molecule has 0 fully saturated rings. The summed E-state index contributed by atoms with van der Waals surface area (Å²) in [5.41, 5.74) is 1.18. The molecule has 0 saturated heterocycles. The van der Waals surface area contributed by atoms with Crippen LogP contribution < -0.4 is 4.90 Å². The summed E-state index contributed by atoms with van der Waals surface area (Å²) in [5.74, 6) is 0.785. The number of aromatic nitrogens is 2. The zero-order chi connectivity index (χ0) is 24.3. The van der Waals surface area contributed by atoms with Gasteiger partial charge < -0.3 is 4.74 Å². The number of imidazole rings is 1. The van der Waals surface area contributed by atoms with E-state index in [0.29, 0.717) is 22.9 Å². The number of methoxy groups -OCH3 is 1. The van der Waals surface area contributed by atoms with Crippen LogP contribution in [0.25, 0.3) is 5.70 Å². The van der Waals surface area contributed by atoms with Gasteiger partial charge in [0.25, 0.3) is 0 Å². The van der Waals surface area contributed by atoms with E-state index in [2.05, 4.69) is 4.98 Å². The summed E-state index contributed by atoms with van der Waals surface area (Å²) >= 11 is 0.988. The molecule has 3 heterocycles. The van der Waals surface area contributed by atoms with Crippen LogP contribution in [0.1, 0.15) is 25.8 Å². The van der Waals surface area contributed by atoms with Gasteiger partial charge in [0.1, 0.15) is 22.0 Å². The zero-order valence-corrected chi connectivity index (χ0v) is 19.6. The first-order valence-corrected chi connectivity index (χ1v) is 11.5. The molecule has 1 aliphatic carbocycles. The number of hydrogen-bond donors (Lipinski definition) is 0. The fraction of sp³-hybridized carbons (Fsp3) is 0.280. The number of ether oxygens (including phenoxy) is 1. The Kier molecular flexibility index (Phi) is 5.27. The highest BCUT2D eigenvalue weighted by Gasteiger charge is 2.58. The third kappa shape index (κ3) is 3.33. The molecular formula is C25H22F3N3O2S. The summed E-state index contributed by atoms with van der Waals surface area (Å²) in [6.07, 6.45) is 1.71. The van der Waals surface area contributed by atoms with Crippen molar-refractivity contribution in [1.82, 2.24) is 9.55 Å². The van der Waals surface area contributed by atoms with Crippen LogP contribution in [0.15, 0.2) is 82.4 Å². The Morgan fingerprint density at radius 2 is 1.97 bits per heavy atom. The summed E-state index contributed by atoms with van der Waals surface area (Å²) in [6.45, 7) is 3.71. The lowest BCUT2D eigenvalue weighted by Crippen LogP contribution is -2.50. The Morgan fingerprint density at radius 1 is 1.24 bits per heavy atom. The number of nitrogens with zero attached hydrogens (tertiary/aromatic N) is 3. The Bertz CT molecular complexity index is 1300. The summed E-state index contributed by atoms with van der Waals surface area (Å²) in [4.78, 5) is 18.5. The number of thioether (sulfide) groups is 1. The molecule has 0 amide bonds. The van der Waals surface area contributed by atoms with Crippen molar-refractivity contribution in [3.8, 4) is 0 Å². The van der Waals surface area contributed by atoms with Crippen molar-refractivity contribution in [3.05, 3.63) is 82.9 Å². The molecule has 5 rings (SSSR count). The van der Waals surface area contributed by atoms with E-state index in [4.69, 9.17) is 4.74 Å². The van der Waals surface area contributed by atoms with Crippen LogP contribution in [0, 0.1) is 0 Å². The lowest BCUT2D eigenvalue weighted by molar-refractivity contribution is -0.110. The fourth-order valence-electron chi connectivity index (χ4n) is 5.18. The predicted molar refractivity (Wildman–Crippen MR) is 125 cm³/mol. The van der Waals surface area contributed by atoms with Gasteiger partial charge in [-0.05, 0) is 42.8 Å². The van der Waals surface area contributed by atoms with E-state index in [1.165, 1.54) is 17.2 Å². The summed E-state index contributed by atoms with van der Waals surface area (Å²) < 4.78 is 49.7. The van der Waals surface area contributed by atoms with Crippen molar-refractivity contribution in [2.24, 2.45) is 0 Å². The first-order valence-electron chi connectivity index (χ1n) is 10.7. The molecule has 1 aromatic heterocycles. The van der Waals surface area contributed by atoms with E-state index < -0.39 is 17.4 Å². The van der Waals surface area contributed by atoms with Crippen LogP contribution in [0.5, 0.6) is 0 Å². The van der Waals surface area contributed by atoms with Gasteiger partial charge in [0, 0.05) is 18.4 Å². The van der Waals surface area contributed by atoms with Crippen molar-refractivity contribution in [1.29, 1.82) is 0 Å². The molecule has 5 nitrogen and oxygen atoms in total. The average Bonchev–Trinajstić information content (AvgIpc) is 3.29. The smallest absolute Gasteiger partial charge is 0.431 e. The molecule has 0 radical (unpaired) electrons. The number of halogens is 3. The van der Waals surface area contributed by atoms with E-state index >= 15 is 0 Å². The van der Waals surface area contributed by atoms with Gasteiger partial charge in [0.05, 0.1) is 19.0 Å². The lowest BCUT2D eigenvalue weighted by Gasteiger charge is -2.43. The second-order valence-corrected chi connectivity index (χ2v) is 9.58. The normalized spacial score (nSPS) is 21.4. The molecule has 1 atom stereocenters. The number of rotatable bonds is 4. The maximum absolute atomic E-state index is 14.1. The molecule has 34 heavy (non-hydrogen) atoms. The van der Waals surface area contributed by atoms with Gasteiger partial charge in [-0.15, -0.1) is 0 Å². The molecule has 1 spiro atoms. The SMILES string of the molecule is COC1=C(C)CC23C=CC=C(C(F)(F)F)N2c2ncc(SC(=O)Cc4ccccc4)n2C3=C1C. The molecule has 0 N–H and O–H groups in total. The minimum atomic E-state index is -4.58.